The topological polar surface area (TPSA) is 51.9 Å². The first kappa shape index (κ1) is 16.7. The number of carbonyl (C=O) groups excluding carboxylic acids is 1. The number of hydrogen-bond acceptors (Lipinski definition) is 5. The van der Waals surface area contributed by atoms with E-state index in [9.17, 15) is 4.79 Å². The molecule has 6 heteroatoms. The molecule has 1 aliphatic heterocycles. The maximum Gasteiger partial charge on any atom is 0.227 e. The van der Waals surface area contributed by atoms with Gasteiger partial charge in [-0.15, -0.1) is 11.3 Å². The van der Waals surface area contributed by atoms with Crippen LogP contribution in [-0.4, -0.2) is 19.1 Å². The summed E-state index contributed by atoms with van der Waals surface area (Å²) in [7, 11) is 0. The summed E-state index contributed by atoms with van der Waals surface area (Å²) >= 11 is 1.64. The van der Waals surface area contributed by atoms with Gasteiger partial charge in [-0.05, 0) is 35.7 Å². The molecule has 0 aliphatic carbocycles. The van der Waals surface area contributed by atoms with Gasteiger partial charge in [0.25, 0.3) is 0 Å². The third-order valence-electron chi connectivity index (χ3n) is 4.20. The fourth-order valence-corrected chi connectivity index (χ4v) is 3.59. The highest BCUT2D eigenvalue weighted by atomic mass is 32.1. The van der Waals surface area contributed by atoms with Crippen LogP contribution < -0.4 is 14.4 Å². The monoisotopic (exact) mass is 369 g/mol. The van der Waals surface area contributed by atoms with E-state index in [1.54, 1.807) is 22.5 Å². The van der Waals surface area contributed by atoms with Crippen molar-refractivity contribution in [3.05, 3.63) is 64.7 Å². The quantitative estimate of drug-likeness (QED) is 0.651. The minimum atomic E-state index is 0.0477. The van der Waals surface area contributed by atoms with E-state index < -0.39 is 0 Å². The van der Waals surface area contributed by atoms with E-state index in [2.05, 4.69) is 0 Å². The maximum absolute atomic E-state index is 13.0. The Kier molecular flexibility index (Phi) is 4.93. The Bertz CT molecular complexity index is 858. The molecule has 1 aromatic carbocycles. The van der Waals surface area contributed by atoms with Gasteiger partial charge in [0.2, 0.25) is 5.91 Å². The molecular formula is C20H19NO4S. The molecule has 134 valence electrons. The van der Waals surface area contributed by atoms with Crippen LogP contribution in [0.15, 0.2) is 58.5 Å². The van der Waals surface area contributed by atoms with Crippen LogP contribution in [0.3, 0.4) is 0 Å². The van der Waals surface area contributed by atoms with Crippen molar-refractivity contribution in [1.82, 2.24) is 0 Å². The fraction of sp³-hybridized carbons (Fsp3) is 0.250. The second-order valence-electron chi connectivity index (χ2n) is 5.97. The number of amides is 1. The van der Waals surface area contributed by atoms with Crippen molar-refractivity contribution in [1.29, 1.82) is 0 Å². The van der Waals surface area contributed by atoms with E-state index in [-0.39, 0.29) is 5.91 Å². The van der Waals surface area contributed by atoms with Crippen LogP contribution in [0.1, 0.15) is 17.1 Å². The van der Waals surface area contributed by atoms with Gasteiger partial charge < -0.3 is 18.8 Å². The number of benzene rings is 1. The van der Waals surface area contributed by atoms with Gasteiger partial charge in [0.1, 0.15) is 19.0 Å². The van der Waals surface area contributed by atoms with Crippen LogP contribution in [0.5, 0.6) is 11.5 Å². The van der Waals surface area contributed by atoms with E-state index in [4.69, 9.17) is 13.9 Å². The molecule has 1 aliphatic rings. The van der Waals surface area contributed by atoms with Crippen LogP contribution >= 0.6 is 11.3 Å². The molecule has 0 unspecified atom stereocenters. The zero-order chi connectivity index (χ0) is 17.8. The maximum atomic E-state index is 13.0. The highest BCUT2D eigenvalue weighted by molar-refractivity contribution is 7.09. The number of furan rings is 1. The predicted molar refractivity (Wildman–Crippen MR) is 100.0 cm³/mol. The number of rotatable bonds is 6. The van der Waals surface area contributed by atoms with Crippen molar-refractivity contribution in [3.63, 3.8) is 0 Å². The second-order valence-corrected chi connectivity index (χ2v) is 7.00. The van der Waals surface area contributed by atoms with Gasteiger partial charge in [0, 0.05) is 29.5 Å². The third kappa shape index (κ3) is 3.75. The van der Waals surface area contributed by atoms with Crippen molar-refractivity contribution in [2.75, 3.05) is 18.1 Å². The molecule has 0 fully saturated rings. The molecule has 3 aromatic rings. The normalized spacial score (nSPS) is 12.8. The Morgan fingerprint density at radius 1 is 1.08 bits per heavy atom. The minimum Gasteiger partial charge on any atom is -0.486 e. The highest BCUT2D eigenvalue weighted by Gasteiger charge is 2.20. The van der Waals surface area contributed by atoms with E-state index in [1.807, 2.05) is 47.8 Å². The van der Waals surface area contributed by atoms with E-state index in [0.29, 0.717) is 38.3 Å². The molecule has 26 heavy (non-hydrogen) atoms. The molecule has 0 N–H and O–H groups in total. The van der Waals surface area contributed by atoms with Crippen LogP contribution in [0.2, 0.25) is 0 Å². The average molecular weight is 369 g/mol. The fourth-order valence-electron chi connectivity index (χ4n) is 2.90. The lowest BCUT2D eigenvalue weighted by atomic mass is 10.2. The first-order chi connectivity index (χ1) is 12.8. The third-order valence-corrected chi connectivity index (χ3v) is 5.06. The summed E-state index contributed by atoms with van der Waals surface area (Å²) < 4.78 is 16.6. The zero-order valence-corrected chi connectivity index (χ0v) is 15.0. The minimum absolute atomic E-state index is 0.0477. The lowest BCUT2D eigenvalue weighted by molar-refractivity contribution is -0.118. The van der Waals surface area contributed by atoms with Crippen LogP contribution in [0.4, 0.5) is 5.69 Å². The van der Waals surface area contributed by atoms with Crippen molar-refractivity contribution in [2.24, 2.45) is 0 Å². The summed E-state index contributed by atoms with van der Waals surface area (Å²) in [6, 6.07) is 13.4. The summed E-state index contributed by atoms with van der Waals surface area (Å²) in [5.74, 6) is 2.27. The lowest BCUT2D eigenvalue weighted by Crippen LogP contribution is -2.30. The molecule has 5 nitrogen and oxygen atoms in total. The largest absolute Gasteiger partial charge is 0.486 e. The summed E-state index contributed by atoms with van der Waals surface area (Å²) in [6.45, 7) is 1.61. The molecule has 3 heterocycles. The molecule has 1 amide bonds. The molecule has 0 bridgehead atoms. The van der Waals surface area contributed by atoms with E-state index >= 15 is 0 Å². The van der Waals surface area contributed by atoms with E-state index in [0.717, 1.165) is 22.1 Å². The number of anilines is 1. The number of aryl methyl sites for hydroxylation is 1. The van der Waals surface area contributed by atoms with E-state index in [1.165, 1.54) is 0 Å². The Hall–Kier alpha value is -2.73. The van der Waals surface area contributed by atoms with Crippen LogP contribution in [-0.2, 0) is 17.8 Å². The second kappa shape index (κ2) is 7.66. The molecule has 0 radical (unpaired) electrons. The van der Waals surface area contributed by atoms with Crippen molar-refractivity contribution < 1.29 is 18.7 Å². The predicted octanol–water partition coefficient (Wildman–Crippen LogP) is 4.28. The van der Waals surface area contributed by atoms with Gasteiger partial charge in [-0.2, -0.15) is 0 Å². The molecular weight excluding hydrogens is 350 g/mol. The van der Waals surface area contributed by atoms with Gasteiger partial charge in [0.15, 0.2) is 11.5 Å². The number of carbonyl (C=O) groups is 1. The van der Waals surface area contributed by atoms with Crippen LogP contribution in [0, 0.1) is 0 Å². The Morgan fingerprint density at radius 2 is 1.96 bits per heavy atom. The Morgan fingerprint density at radius 3 is 2.73 bits per heavy atom. The smallest absolute Gasteiger partial charge is 0.227 e. The first-order valence-electron chi connectivity index (χ1n) is 8.54. The SMILES string of the molecule is O=C(CCc1ccco1)N(Cc1cccs1)c1ccc2c(c1)OCCO2. The van der Waals surface area contributed by atoms with Gasteiger partial charge in [-0.1, -0.05) is 6.07 Å². The summed E-state index contributed by atoms with van der Waals surface area (Å²) in [5, 5.41) is 2.02. The molecule has 2 aromatic heterocycles. The molecule has 0 saturated carbocycles. The molecule has 0 atom stereocenters. The standard InChI is InChI=1S/C20H19NO4S/c22-20(8-6-16-3-1-9-23-16)21(14-17-4-2-12-26-17)15-5-7-18-19(13-15)25-11-10-24-18/h1-5,7,9,12-13H,6,8,10-11,14H2. The Balaban J connectivity index is 1.56. The zero-order valence-electron chi connectivity index (χ0n) is 14.2. The Labute approximate surface area is 155 Å². The highest BCUT2D eigenvalue weighted by Crippen LogP contribution is 2.35. The first-order valence-corrected chi connectivity index (χ1v) is 9.42. The van der Waals surface area contributed by atoms with Gasteiger partial charge in [-0.25, -0.2) is 0 Å². The number of fused-ring (bicyclic) bond motifs is 1. The molecule has 0 saturated heterocycles. The van der Waals surface area contributed by atoms with Crippen molar-refractivity contribution in [2.45, 2.75) is 19.4 Å². The average Bonchev–Trinajstić information content (AvgIpc) is 3.37. The number of hydrogen-bond donors (Lipinski definition) is 0. The summed E-state index contributed by atoms with van der Waals surface area (Å²) in [5.41, 5.74) is 0.812. The summed E-state index contributed by atoms with van der Waals surface area (Å²) in [4.78, 5) is 15.9. The van der Waals surface area contributed by atoms with Gasteiger partial charge >= 0.3 is 0 Å². The number of thiophene rings is 1. The van der Waals surface area contributed by atoms with Gasteiger partial charge in [0.05, 0.1) is 12.8 Å². The van der Waals surface area contributed by atoms with Crippen LogP contribution in [0.25, 0.3) is 0 Å². The van der Waals surface area contributed by atoms with Crippen molar-refractivity contribution in [3.8, 4) is 11.5 Å². The van der Waals surface area contributed by atoms with Crippen molar-refractivity contribution >= 4 is 22.9 Å². The van der Waals surface area contributed by atoms with Gasteiger partial charge in [-0.3, -0.25) is 4.79 Å². The molecule has 0 spiro atoms. The number of ether oxygens (including phenoxy) is 2. The number of nitrogens with zero attached hydrogens (tertiary/aromatic N) is 1. The molecule has 4 rings (SSSR count). The summed E-state index contributed by atoms with van der Waals surface area (Å²) in [6.07, 6.45) is 2.59. The lowest BCUT2D eigenvalue weighted by Gasteiger charge is -2.25.